The van der Waals surface area contributed by atoms with Gasteiger partial charge in [0.25, 0.3) is 0 Å². The summed E-state index contributed by atoms with van der Waals surface area (Å²) in [7, 11) is 0. The Morgan fingerprint density at radius 1 is 1.18 bits per heavy atom. The summed E-state index contributed by atoms with van der Waals surface area (Å²) < 4.78 is 6.28. The van der Waals surface area contributed by atoms with Gasteiger partial charge in [-0.2, -0.15) is 0 Å². The zero-order valence-corrected chi connectivity index (χ0v) is 13.4. The van der Waals surface area contributed by atoms with E-state index in [1.807, 2.05) is 30.3 Å². The van der Waals surface area contributed by atoms with Gasteiger partial charge in [-0.15, -0.1) is 0 Å². The van der Waals surface area contributed by atoms with Gasteiger partial charge in [0.1, 0.15) is 18.5 Å². The molecule has 0 heterocycles. The first-order valence-corrected chi connectivity index (χ1v) is 7.59. The van der Waals surface area contributed by atoms with E-state index in [0.717, 1.165) is 4.47 Å². The summed E-state index contributed by atoms with van der Waals surface area (Å²) in [6, 6.07) is 16.1. The minimum atomic E-state index is -0.784. The van der Waals surface area contributed by atoms with Gasteiger partial charge in [0, 0.05) is 16.7 Å². The van der Waals surface area contributed by atoms with Crippen LogP contribution in [0.5, 0.6) is 5.75 Å². The molecule has 2 rings (SSSR count). The lowest BCUT2D eigenvalue weighted by atomic mass is 10.3. The lowest BCUT2D eigenvalue weighted by Gasteiger charge is -2.14. The molecule has 6 heteroatoms. The van der Waals surface area contributed by atoms with Crippen molar-refractivity contribution in [1.29, 1.82) is 0 Å². The summed E-state index contributed by atoms with van der Waals surface area (Å²) in [6.45, 7) is 0.216. The average Bonchev–Trinajstić information content (AvgIpc) is 2.52. The number of rotatable bonds is 6. The van der Waals surface area contributed by atoms with E-state index in [1.54, 1.807) is 24.3 Å². The first-order valence-electron chi connectivity index (χ1n) is 6.80. The van der Waals surface area contributed by atoms with Gasteiger partial charge in [0.15, 0.2) is 0 Å². The van der Waals surface area contributed by atoms with E-state index >= 15 is 0 Å². The molecule has 0 bridgehead atoms. The van der Waals surface area contributed by atoms with Crippen molar-refractivity contribution >= 4 is 27.6 Å². The van der Waals surface area contributed by atoms with E-state index < -0.39 is 6.10 Å². The molecule has 3 N–H and O–H groups in total. The molecule has 1 unspecified atom stereocenters. The van der Waals surface area contributed by atoms with Crippen LogP contribution in [-0.2, 0) is 0 Å². The fraction of sp³-hybridized carbons (Fsp3) is 0.188. The molecule has 0 spiro atoms. The molecule has 0 aromatic heterocycles. The quantitative estimate of drug-likeness (QED) is 0.737. The number of amides is 2. The molecule has 5 nitrogen and oxygen atoms in total. The Hall–Kier alpha value is -2.05. The second-order valence-corrected chi connectivity index (χ2v) is 5.54. The number of aliphatic hydroxyl groups excluding tert-OH is 1. The average molecular weight is 365 g/mol. The Kier molecular flexibility index (Phi) is 6.24. The second-order valence-electron chi connectivity index (χ2n) is 4.62. The van der Waals surface area contributed by atoms with Gasteiger partial charge in [0.05, 0.1) is 0 Å². The summed E-state index contributed by atoms with van der Waals surface area (Å²) >= 11 is 3.33. The molecule has 2 aromatic rings. The normalized spacial score (nSPS) is 11.5. The van der Waals surface area contributed by atoms with Crippen LogP contribution < -0.4 is 15.4 Å². The number of hydrogen-bond acceptors (Lipinski definition) is 3. The van der Waals surface area contributed by atoms with Crippen LogP contribution in [-0.4, -0.2) is 30.4 Å². The van der Waals surface area contributed by atoms with Crippen molar-refractivity contribution in [3.8, 4) is 5.75 Å². The molecule has 0 radical (unpaired) electrons. The number of carbonyl (C=O) groups excluding carboxylic acids is 1. The first kappa shape index (κ1) is 16.3. The molecule has 116 valence electrons. The van der Waals surface area contributed by atoms with Crippen LogP contribution in [0.3, 0.4) is 0 Å². The third kappa shape index (κ3) is 5.75. The number of hydrogen-bond donors (Lipinski definition) is 3. The zero-order valence-electron chi connectivity index (χ0n) is 11.8. The summed E-state index contributed by atoms with van der Waals surface area (Å²) in [4.78, 5) is 11.7. The Morgan fingerprint density at radius 3 is 2.68 bits per heavy atom. The van der Waals surface area contributed by atoms with Crippen molar-refractivity contribution in [2.24, 2.45) is 0 Å². The predicted octanol–water partition coefficient (Wildman–Crippen LogP) is 3.01. The van der Waals surface area contributed by atoms with Gasteiger partial charge >= 0.3 is 6.03 Å². The molecule has 2 amide bonds. The van der Waals surface area contributed by atoms with Crippen molar-refractivity contribution in [3.63, 3.8) is 0 Å². The van der Waals surface area contributed by atoms with Gasteiger partial charge in [-0.25, -0.2) is 4.79 Å². The summed E-state index contributed by atoms with van der Waals surface area (Å²) in [5.74, 6) is 0.681. The van der Waals surface area contributed by atoms with Gasteiger partial charge < -0.3 is 20.5 Å². The number of benzene rings is 2. The molecule has 0 fully saturated rings. The molecular formula is C16H17BrN2O3. The Labute approximate surface area is 137 Å². The number of nitrogens with one attached hydrogen (secondary N) is 2. The summed E-state index contributed by atoms with van der Waals surface area (Å²) in [6.07, 6.45) is -0.784. The number of anilines is 1. The molecular weight excluding hydrogens is 348 g/mol. The lowest BCUT2D eigenvalue weighted by Crippen LogP contribution is -2.37. The maximum Gasteiger partial charge on any atom is 0.319 e. The third-order valence-electron chi connectivity index (χ3n) is 2.77. The van der Waals surface area contributed by atoms with E-state index in [-0.39, 0.29) is 19.2 Å². The highest BCUT2D eigenvalue weighted by Gasteiger charge is 2.08. The number of halogens is 1. The molecule has 0 saturated carbocycles. The van der Waals surface area contributed by atoms with Crippen LogP contribution in [0.1, 0.15) is 0 Å². The van der Waals surface area contributed by atoms with Crippen LogP contribution >= 0.6 is 15.9 Å². The van der Waals surface area contributed by atoms with Gasteiger partial charge in [0.2, 0.25) is 0 Å². The van der Waals surface area contributed by atoms with Crippen LogP contribution in [0.4, 0.5) is 10.5 Å². The Balaban J connectivity index is 1.69. The molecule has 0 aliphatic heterocycles. The SMILES string of the molecule is O=C(NCC(O)COc1ccccc1)Nc1cccc(Br)c1. The molecule has 0 aliphatic rings. The molecule has 1 atom stereocenters. The van der Waals surface area contributed by atoms with E-state index in [9.17, 15) is 9.90 Å². The Morgan fingerprint density at radius 2 is 1.95 bits per heavy atom. The third-order valence-corrected chi connectivity index (χ3v) is 3.26. The van der Waals surface area contributed by atoms with E-state index in [0.29, 0.717) is 11.4 Å². The monoisotopic (exact) mass is 364 g/mol. The van der Waals surface area contributed by atoms with Crippen molar-refractivity contribution in [1.82, 2.24) is 5.32 Å². The van der Waals surface area contributed by atoms with Crippen molar-refractivity contribution in [2.45, 2.75) is 6.10 Å². The first-order chi connectivity index (χ1) is 10.6. The lowest BCUT2D eigenvalue weighted by molar-refractivity contribution is 0.108. The highest BCUT2D eigenvalue weighted by molar-refractivity contribution is 9.10. The van der Waals surface area contributed by atoms with E-state index in [4.69, 9.17) is 4.74 Å². The highest BCUT2D eigenvalue weighted by atomic mass is 79.9. The predicted molar refractivity (Wildman–Crippen MR) is 89.1 cm³/mol. The van der Waals surface area contributed by atoms with Crippen LogP contribution in [0.15, 0.2) is 59.1 Å². The fourth-order valence-corrected chi connectivity index (χ4v) is 2.12. The van der Waals surface area contributed by atoms with E-state index in [2.05, 4.69) is 26.6 Å². The number of ether oxygens (including phenoxy) is 1. The van der Waals surface area contributed by atoms with Gasteiger partial charge in [-0.05, 0) is 30.3 Å². The van der Waals surface area contributed by atoms with Crippen LogP contribution in [0.25, 0.3) is 0 Å². The topological polar surface area (TPSA) is 70.6 Å². The second kappa shape index (κ2) is 8.41. The number of carbonyl (C=O) groups is 1. The van der Waals surface area contributed by atoms with Crippen LogP contribution in [0, 0.1) is 0 Å². The molecule has 2 aromatic carbocycles. The summed E-state index contributed by atoms with van der Waals surface area (Å²) in [5.41, 5.74) is 0.668. The van der Waals surface area contributed by atoms with Gasteiger partial charge in [-0.1, -0.05) is 40.2 Å². The highest BCUT2D eigenvalue weighted by Crippen LogP contribution is 2.15. The van der Waals surface area contributed by atoms with Crippen molar-refractivity contribution in [2.75, 3.05) is 18.5 Å². The maximum absolute atomic E-state index is 11.7. The molecule has 0 aliphatic carbocycles. The van der Waals surface area contributed by atoms with E-state index in [1.165, 1.54) is 0 Å². The number of para-hydroxylation sites is 1. The smallest absolute Gasteiger partial charge is 0.319 e. The largest absolute Gasteiger partial charge is 0.491 e. The summed E-state index contributed by atoms with van der Waals surface area (Å²) in [5, 5.41) is 15.1. The minimum Gasteiger partial charge on any atom is -0.491 e. The van der Waals surface area contributed by atoms with Crippen molar-refractivity contribution in [3.05, 3.63) is 59.1 Å². The Bertz CT molecular complexity index is 607. The minimum absolute atomic E-state index is 0.104. The molecule has 0 saturated heterocycles. The van der Waals surface area contributed by atoms with Crippen LogP contribution in [0.2, 0.25) is 0 Å². The number of aliphatic hydroxyl groups is 1. The zero-order chi connectivity index (χ0) is 15.8. The van der Waals surface area contributed by atoms with Gasteiger partial charge in [-0.3, -0.25) is 0 Å². The fourth-order valence-electron chi connectivity index (χ4n) is 1.72. The van der Waals surface area contributed by atoms with Crippen molar-refractivity contribution < 1.29 is 14.6 Å². The maximum atomic E-state index is 11.7. The molecule has 22 heavy (non-hydrogen) atoms. The number of urea groups is 1. The standard InChI is InChI=1S/C16H17BrN2O3/c17-12-5-4-6-13(9-12)19-16(21)18-10-14(20)11-22-15-7-2-1-3-8-15/h1-9,14,20H,10-11H2,(H2,18,19,21).